The Labute approximate surface area is 107 Å². The van der Waals surface area contributed by atoms with Crippen molar-refractivity contribution in [3.05, 3.63) is 18.2 Å². The number of aliphatic hydroxyl groups excluding tert-OH is 1. The van der Waals surface area contributed by atoms with Gasteiger partial charge in [0.25, 0.3) is 0 Å². The second-order valence-corrected chi connectivity index (χ2v) is 5.48. The minimum absolute atomic E-state index is 0.0362. The Morgan fingerprint density at radius 1 is 1.39 bits per heavy atom. The molecule has 0 radical (unpaired) electrons. The molecule has 0 fully saturated rings. The molecule has 0 aliphatic heterocycles. The van der Waals surface area contributed by atoms with E-state index in [0.29, 0.717) is 30.9 Å². The molecule has 0 saturated carbocycles. The van der Waals surface area contributed by atoms with Crippen molar-refractivity contribution < 1.29 is 13.5 Å². The van der Waals surface area contributed by atoms with E-state index in [1.807, 2.05) is 11.8 Å². The van der Waals surface area contributed by atoms with Gasteiger partial charge in [-0.25, -0.2) is 13.6 Å². The van der Waals surface area contributed by atoms with Crippen LogP contribution in [0.25, 0.3) is 0 Å². The van der Waals surface area contributed by atoms with E-state index < -0.39 is 10.0 Å². The van der Waals surface area contributed by atoms with Crippen molar-refractivity contribution in [2.45, 2.75) is 18.2 Å². The molecule has 18 heavy (non-hydrogen) atoms. The van der Waals surface area contributed by atoms with E-state index in [4.69, 9.17) is 16.0 Å². The number of nitrogens with zero attached hydrogens (tertiary/aromatic N) is 1. The van der Waals surface area contributed by atoms with E-state index in [2.05, 4.69) is 0 Å². The normalized spacial score (nSPS) is 11.5. The van der Waals surface area contributed by atoms with Crippen molar-refractivity contribution in [2.24, 2.45) is 5.14 Å². The molecule has 0 aromatic heterocycles. The third-order valence-corrected chi connectivity index (χ3v) is 3.55. The molecule has 6 nitrogen and oxygen atoms in total. The number of rotatable bonds is 6. The van der Waals surface area contributed by atoms with Crippen LogP contribution >= 0.6 is 0 Å². The van der Waals surface area contributed by atoms with Crippen LogP contribution in [0.1, 0.15) is 13.3 Å². The summed E-state index contributed by atoms with van der Waals surface area (Å²) < 4.78 is 22.6. The molecular formula is C11H19N3O3S. The number of hydrogen-bond donors (Lipinski definition) is 3. The van der Waals surface area contributed by atoms with Crippen molar-refractivity contribution in [3.8, 4) is 0 Å². The lowest BCUT2D eigenvalue weighted by molar-refractivity contribution is 0.289. The molecule has 0 bridgehead atoms. The first kappa shape index (κ1) is 14.7. The van der Waals surface area contributed by atoms with Crippen LogP contribution in [0, 0.1) is 0 Å². The third-order valence-electron chi connectivity index (χ3n) is 2.64. The van der Waals surface area contributed by atoms with Crippen LogP contribution in [-0.2, 0) is 10.0 Å². The average Bonchev–Trinajstić information content (AvgIpc) is 2.30. The summed E-state index contributed by atoms with van der Waals surface area (Å²) in [6.07, 6.45) is 0.590. The van der Waals surface area contributed by atoms with E-state index in [0.717, 1.165) is 0 Å². The number of anilines is 2. The largest absolute Gasteiger partial charge is 0.397 e. The highest BCUT2D eigenvalue weighted by Gasteiger charge is 2.13. The number of nitrogen functional groups attached to an aromatic ring is 1. The van der Waals surface area contributed by atoms with Crippen LogP contribution in [0.5, 0.6) is 0 Å². The standard InChI is InChI=1S/C11H19N3O3S/c1-2-14(6-3-7-15)11-8-9(18(13,16)17)4-5-10(11)12/h4-5,8,15H,2-3,6-7,12H2,1H3,(H2,13,16,17). The predicted octanol–water partition coefficient (Wildman–Crippen LogP) is 0.125. The van der Waals surface area contributed by atoms with Crippen LogP contribution in [0.3, 0.4) is 0 Å². The van der Waals surface area contributed by atoms with Gasteiger partial charge in [0, 0.05) is 19.7 Å². The molecule has 102 valence electrons. The van der Waals surface area contributed by atoms with Gasteiger partial charge in [-0.1, -0.05) is 0 Å². The van der Waals surface area contributed by atoms with Gasteiger partial charge in [0.15, 0.2) is 0 Å². The number of hydrogen-bond acceptors (Lipinski definition) is 5. The maximum atomic E-state index is 11.3. The molecule has 1 rings (SSSR count). The van der Waals surface area contributed by atoms with E-state index >= 15 is 0 Å². The highest BCUT2D eigenvalue weighted by atomic mass is 32.2. The Morgan fingerprint density at radius 3 is 2.56 bits per heavy atom. The van der Waals surface area contributed by atoms with Gasteiger partial charge in [-0.05, 0) is 31.5 Å². The third kappa shape index (κ3) is 3.59. The highest BCUT2D eigenvalue weighted by molar-refractivity contribution is 7.89. The minimum Gasteiger partial charge on any atom is -0.397 e. The Balaban J connectivity index is 3.13. The molecule has 1 aromatic rings. The number of nitrogens with two attached hydrogens (primary N) is 2. The summed E-state index contributed by atoms with van der Waals surface area (Å²) in [5.74, 6) is 0. The van der Waals surface area contributed by atoms with E-state index in [9.17, 15) is 8.42 Å². The highest BCUT2D eigenvalue weighted by Crippen LogP contribution is 2.26. The molecule has 5 N–H and O–H groups in total. The molecule has 0 spiro atoms. The zero-order chi connectivity index (χ0) is 13.8. The monoisotopic (exact) mass is 273 g/mol. The second kappa shape index (κ2) is 6.03. The van der Waals surface area contributed by atoms with Gasteiger partial charge in [-0.15, -0.1) is 0 Å². The Bertz CT molecular complexity index is 502. The fraction of sp³-hybridized carbons (Fsp3) is 0.455. The lowest BCUT2D eigenvalue weighted by atomic mass is 10.2. The summed E-state index contributed by atoms with van der Waals surface area (Å²) in [5.41, 5.74) is 6.95. The van der Waals surface area contributed by atoms with E-state index in [1.54, 1.807) is 0 Å². The van der Waals surface area contributed by atoms with Crippen molar-refractivity contribution in [1.29, 1.82) is 0 Å². The van der Waals surface area contributed by atoms with Gasteiger partial charge in [-0.2, -0.15) is 0 Å². The van der Waals surface area contributed by atoms with Crippen molar-refractivity contribution in [2.75, 3.05) is 30.3 Å². The molecule has 0 atom stereocenters. The van der Waals surface area contributed by atoms with Crippen molar-refractivity contribution in [1.82, 2.24) is 0 Å². The summed E-state index contributed by atoms with van der Waals surface area (Å²) in [4.78, 5) is 1.94. The quantitative estimate of drug-likeness (QED) is 0.638. The average molecular weight is 273 g/mol. The Kier molecular flexibility index (Phi) is 4.94. The van der Waals surface area contributed by atoms with Gasteiger partial charge < -0.3 is 15.7 Å². The van der Waals surface area contributed by atoms with Gasteiger partial charge in [0.1, 0.15) is 0 Å². The van der Waals surface area contributed by atoms with Gasteiger partial charge >= 0.3 is 0 Å². The smallest absolute Gasteiger partial charge is 0.238 e. The first-order valence-electron chi connectivity index (χ1n) is 5.68. The number of sulfonamides is 1. The summed E-state index contributed by atoms with van der Waals surface area (Å²) in [6, 6.07) is 4.37. The van der Waals surface area contributed by atoms with Crippen molar-refractivity contribution in [3.63, 3.8) is 0 Å². The number of benzene rings is 1. The first-order chi connectivity index (χ1) is 8.40. The van der Waals surface area contributed by atoms with Crippen LogP contribution < -0.4 is 15.8 Å². The molecule has 0 aliphatic carbocycles. The molecule has 0 saturated heterocycles. The zero-order valence-electron chi connectivity index (χ0n) is 10.3. The molecular weight excluding hydrogens is 254 g/mol. The minimum atomic E-state index is -3.74. The fourth-order valence-electron chi connectivity index (χ4n) is 1.68. The molecule has 0 amide bonds. The predicted molar refractivity (Wildman–Crippen MR) is 71.8 cm³/mol. The fourth-order valence-corrected chi connectivity index (χ4v) is 2.22. The Hall–Kier alpha value is -1.31. The van der Waals surface area contributed by atoms with Crippen LogP contribution in [0.15, 0.2) is 23.1 Å². The molecule has 0 unspecified atom stereocenters. The maximum Gasteiger partial charge on any atom is 0.238 e. The molecule has 7 heteroatoms. The maximum absolute atomic E-state index is 11.3. The summed E-state index contributed by atoms with van der Waals surface area (Å²) in [5, 5.41) is 13.9. The van der Waals surface area contributed by atoms with Gasteiger partial charge in [-0.3, -0.25) is 0 Å². The zero-order valence-corrected chi connectivity index (χ0v) is 11.2. The van der Waals surface area contributed by atoms with Crippen LogP contribution in [0.2, 0.25) is 0 Å². The summed E-state index contributed by atoms with van der Waals surface area (Å²) in [7, 11) is -3.74. The molecule has 1 aromatic carbocycles. The Morgan fingerprint density at radius 2 is 2.06 bits per heavy atom. The van der Waals surface area contributed by atoms with Crippen LogP contribution in [-0.4, -0.2) is 33.2 Å². The first-order valence-corrected chi connectivity index (χ1v) is 7.23. The second-order valence-electron chi connectivity index (χ2n) is 3.92. The lowest BCUT2D eigenvalue weighted by Crippen LogP contribution is -2.26. The van der Waals surface area contributed by atoms with E-state index in [-0.39, 0.29) is 11.5 Å². The SMILES string of the molecule is CCN(CCCO)c1cc(S(N)(=O)=O)ccc1N. The van der Waals surface area contributed by atoms with Gasteiger partial charge in [0.05, 0.1) is 16.3 Å². The summed E-state index contributed by atoms with van der Waals surface area (Å²) in [6.45, 7) is 3.27. The van der Waals surface area contributed by atoms with E-state index in [1.165, 1.54) is 18.2 Å². The van der Waals surface area contributed by atoms with Crippen molar-refractivity contribution >= 4 is 21.4 Å². The molecule has 0 heterocycles. The van der Waals surface area contributed by atoms with Gasteiger partial charge in [0.2, 0.25) is 10.0 Å². The summed E-state index contributed by atoms with van der Waals surface area (Å²) >= 11 is 0. The molecule has 0 aliphatic rings. The lowest BCUT2D eigenvalue weighted by Gasteiger charge is -2.24. The number of primary sulfonamides is 1. The topological polar surface area (TPSA) is 110 Å². The van der Waals surface area contributed by atoms with Crippen LogP contribution in [0.4, 0.5) is 11.4 Å². The number of aliphatic hydroxyl groups is 1.